The second-order valence-electron chi connectivity index (χ2n) is 2.95. The minimum atomic E-state index is -0.353. The van der Waals surface area contributed by atoms with Gasteiger partial charge >= 0.3 is 0 Å². The summed E-state index contributed by atoms with van der Waals surface area (Å²) >= 11 is 0. The Balaban J connectivity index is 2.00. The van der Waals surface area contributed by atoms with E-state index in [-0.39, 0.29) is 24.3 Å². The van der Waals surface area contributed by atoms with Crippen molar-refractivity contribution in [3.8, 4) is 0 Å². The Labute approximate surface area is 69.6 Å². The predicted octanol–water partition coefficient (Wildman–Crippen LogP) is -3.05. The molecule has 0 aromatic heterocycles. The van der Waals surface area contributed by atoms with Crippen LogP contribution in [0.25, 0.3) is 0 Å². The molecule has 2 aliphatic heterocycles. The van der Waals surface area contributed by atoms with Gasteiger partial charge in [0.2, 0.25) is 5.91 Å². The Hall–Kier alpha value is -0.730. The number of carbonyl (C=O) groups is 1. The summed E-state index contributed by atoms with van der Waals surface area (Å²) in [7, 11) is 0. The summed E-state index contributed by atoms with van der Waals surface area (Å²) in [6.07, 6.45) is -0.215. The fraction of sp³-hybridized carbons (Fsp3) is 0.800. The quantitative estimate of drug-likeness (QED) is 0.270. The number of rotatable bonds is 1. The molecule has 2 fully saturated rings. The van der Waals surface area contributed by atoms with Gasteiger partial charge in [0, 0.05) is 0 Å². The van der Waals surface area contributed by atoms with Crippen LogP contribution in [0.2, 0.25) is 0 Å². The number of hydrazine groups is 3. The van der Waals surface area contributed by atoms with E-state index in [2.05, 4.69) is 21.9 Å². The maximum absolute atomic E-state index is 11.2. The molecule has 2 saturated heterocycles. The molecule has 0 aliphatic carbocycles. The van der Waals surface area contributed by atoms with Crippen LogP contribution in [0.1, 0.15) is 6.92 Å². The van der Waals surface area contributed by atoms with E-state index in [0.29, 0.717) is 0 Å². The van der Waals surface area contributed by atoms with E-state index in [1.807, 2.05) is 6.92 Å². The van der Waals surface area contributed by atoms with E-state index >= 15 is 0 Å². The van der Waals surface area contributed by atoms with Gasteiger partial charge in [-0.25, -0.2) is 10.9 Å². The van der Waals surface area contributed by atoms with Crippen molar-refractivity contribution in [1.82, 2.24) is 26.8 Å². The largest absolute Gasteiger partial charge is 0.318 e. The molecule has 2 atom stereocenters. The van der Waals surface area contributed by atoms with Crippen molar-refractivity contribution in [2.24, 2.45) is 5.73 Å². The summed E-state index contributed by atoms with van der Waals surface area (Å²) in [5.74, 6) is -0.0435. The number of amides is 1. The zero-order chi connectivity index (χ0) is 8.72. The molecule has 68 valence electrons. The van der Waals surface area contributed by atoms with E-state index in [1.54, 1.807) is 4.90 Å². The van der Waals surface area contributed by atoms with Gasteiger partial charge in [-0.15, -0.1) is 0 Å². The number of likely N-dealkylation sites (tertiary alicyclic amines) is 1. The smallest absolute Gasteiger partial charge is 0.244 e. The SMILES string of the molecule is C[C@@H]1[C@@H](N)C(=O)N1C1NNNN1. The first-order chi connectivity index (χ1) is 5.72. The highest BCUT2D eigenvalue weighted by atomic mass is 16.2. The topological polar surface area (TPSA) is 94.5 Å². The molecule has 7 nitrogen and oxygen atoms in total. The van der Waals surface area contributed by atoms with Crippen molar-refractivity contribution in [2.45, 2.75) is 25.3 Å². The second-order valence-corrected chi connectivity index (χ2v) is 2.95. The summed E-state index contributed by atoms with van der Waals surface area (Å²) in [6, 6.07) is -0.279. The number of β-lactam (4-membered cyclic amide) rings is 1. The van der Waals surface area contributed by atoms with Crippen LogP contribution in [0.3, 0.4) is 0 Å². The van der Waals surface area contributed by atoms with Gasteiger partial charge in [-0.1, -0.05) is 0 Å². The van der Waals surface area contributed by atoms with Gasteiger partial charge < -0.3 is 10.6 Å². The van der Waals surface area contributed by atoms with Crippen molar-refractivity contribution < 1.29 is 4.79 Å². The van der Waals surface area contributed by atoms with Crippen molar-refractivity contribution in [3.63, 3.8) is 0 Å². The van der Waals surface area contributed by atoms with E-state index in [4.69, 9.17) is 5.73 Å². The summed E-state index contributed by atoms with van der Waals surface area (Å²) in [4.78, 5) is 12.9. The molecule has 2 aliphatic rings. The Morgan fingerprint density at radius 2 is 2.00 bits per heavy atom. The van der Waals surface area contributed by atoms with Gasteiger partial charge in [0.15, 0.2) is 6.29 Å². The number of hydrogen-bond donors (Lipinski definition) is 5. The molecule has 7 heteroatoms. The molecule has 0 radical (unpaired) electrons. The normalized spacial score (nSPS) is 37.2. The molecule has 6 N–H and O–H groups in total. The minimum Gasteiger partial charge on any atom is -0.318 e. The first kappa shape index (κ1) is 7.90. The highest BCUT2D eigenvalue weighted by Gasteiger charge is 2.46. The zero-order valence-electron chi connectivity index (χ0n) is 6.66. The lowest BCUT2D eigenvalue weighted by atomic mass is 9.98. The second kappa shape index (κ2) is 2.64. The van der Waals surface area contributed by atoms with Crippen LogP contribution in [-0.2, 0) is 4.79 Å². The Kier molecular flexibility index (Phi) is 1.74. The van der Waals surface area contributed by atoms with Gasteiger partial charge in [-0.3, -0.25) is 4.79 Å². The number of nitrogens with one attached hydrogen (secondary N) is 4. The molecule has 0 spiro atoms. The fourth-order valence-corrected chi connectivity index (χ4v) is 1.42. The molecule has 2 heterocycles. The van der Waals surface area contributed by atoms with Crippen LogP contribution >= 0.6 is 0 Å². The van der Waals surface area contributed by atoms with Crippen LogP contribution < -0.4 is 27.7 Å². The van der Waals surface area contributed by atoms with Crippen molar-refractivity contribution in [2.75, 3.05) is 0 Å². The lowest BCUT2D eigenvalue weighted by molar-refractivity contribution is -0.154. The third-order valence-corrected chi connectivity index (χ3v) is 2.26. The van der Waals surface area contributed by atoms with E-state index in [1.165, 1.54) is 0 Å². The average Bonchev–Trinajstić information content (AvgIpc) is 2.57. The van der Waals surface area contributed by atoms with Gasteiger partial charge in [-0.2, -0.15) is 11.1 Å². The summed E-state index contributed by atoms with van der Waals surface area (Å²) in [5.41, 5.74) is 16.4. The van der Waals surface area contributed by atoms with Crippen LogP contribution in [-0.4, -0.2) is 29.2 Å². The van der Waals surface area contributed by atoms with E-state index in [0.717, 1.165) is 0 Å². The third-order valence-electron chi connectivity index (χ3n) is 2.26. The van der Waals surface area contributed by atoms with Crippen LogP contribution in [0.5, 0.6) is 0 Å². The average molecular weight is 172 g/mol. The fourth-order valence-electron chi connectivity index (χ4n) is 1.42. The highest BCUT2D eigenvalue weighted by molar-refractivity contribution is 5.89. The Morgan fingerprint density at radius 3 is 2.50 bits per heavy atom. The van der Waals surface area contributed by atoms with Crippen molar-refractivity contribution in [1.29, 1.82) is 0 Å². The first-order valence-electron chi connectivity index (χ1n) is 3.80. The number of carbonyl (C=O) groups excluding carboxylic acids is 1. The van der Waals surface area contributed by atoms with Crippen molar-refractivity contribution in [3.05, 3.63) is 0 Å². The summed E-state index contributed by atoms with van der Waals surface area (Å²) < 4.78 is 0. The third kappa shape index (κ3) is 0.919. The van der Waals surface area contributed by atoms with Crippen LogP contribution in [0.4, 0.5) is 0 Å². The first-order valence-corrected chi connectivity index (χ1v) is 3.80. The molecule has 0 aromatic carbocycles. The number of nitrogens with zero attached hydrogens (tertiary/aromatic N) is 1. The van der Waals surface area contributed by atoms with Gasteiger partial charge in [-0.05, 0) is 6.92 Å². The maximum Gasteiger partial charge on any atom is 0.244 e. The predicted molar refractivity (Wildman–Crippen MR) is 40.6 cm³/mol. The molecular weight excluding hydrogens is 160 g/mol. The molecular formula is C5H12N6O. The molecule has 0 saturated carbocycles. The molecule has 2 rings (SSSR count). The van der Waals surface area contributed by atoms with Gasteiger partial charge in [0.25, 0.3) is 0 Å². The zero-order valence-corrected chi connectivity index (χ0v) is 6.66. The standard InChI is InChI=1S/C5H12N6O/c1-2-3(6)4(12)11(2)5-7-9-10-8-5/h2-3,5,7-10H,6H2,1H3/t2-,3-/m1/s1. The molecule has 0 aromatic rings. The van der Waals surface area contributed by atoms with Crippen LogP contribution in [0.15, 0.2) is 0 Å². The van der Waals surface area contributed by atoms with E-state index in [9.17, 15) is 4.79 Å². The van der Waals surface area contributed by atoms with Crippen molar-refractivity contribution >= 4 is 5.91 Å². The van der Waals surface area contributed by atoms with Crippen LogP contribution in [0, 0.1) is 0 Å². The molecule has 1 amide bonds. The van der Waals surface area contributed by atoms with Gasteiger partial charge in [0.1, 0.15) is 6.04 Å². The summed E-state index contributed by atoms with van der Waals surface area (Å²) in [6.45, 7) is 1.91. The van der Waals surface area contributed by atoms with Gasteiger partial charge in [0.05, 0.1) is 6.04 Å². The molecule has 0 unspecified atom stereocenters. The maximum atomic E-state index is 11.2. The Morgan fingerprint density at radius 1 is 1.42 bits per heavy atom. The lowest BCUT2D eigenvalue weighted by Gasteiger charge is -2.45. The molecule has 0 bridgehead atoms. The highest BCUT2D eigenvalue weighted by Crippen LogP contribution is 2.18. The number of hydrogen-bond acceptors (Lipinski definition) is 6. The monoisotopic (exact) mass is 172 g/mol. The summed E-state index contributed by atoms with van der Waals surface area (Å²) in [5, 5.41) is 0. The minimum absolute atomic E-state index is 0.0435. The number of nitrogens with two attached hydrogens (primary N) is 1. The lowest BCUT2D eigenvalue weighted by Crippen LogP contribution is -2.73. The molecule has 12 heavy (non-hydrogen) atoms. The Bertz CT molecular complexity index is 202. The van der Waals surface area contributed by atoms with E-state index < -0.39 is 0 Å².